The van der Waals surface area contributed by atoms with Crippen LogP contribution in [0.3, 0.4) is 0 Å². The average molecular weight is 187 g/mol. The fraction of sp³-hybridized carbons (Fsp3) is 0.273. The number of aryl methyl sites for hydroxylation is 1. The summed E-state index contributed by atoms with van der Waals surface area (Å²) in [5.41, 5.74) is 3.00. The van der Waals surface area contributed by atoms with E-state index in [0.717, 1.165) is 23.2 Å². The molecule has 14 heavy (non-hydrogen) atoms. The monoisotopic (exact) mass is 187 g/mol. The molecule has 2 aliphatic heterocycles. The molecular weight excluding hydrogens is 178 g/mol. The number of nitrogens with zero attached hydrogens (tertiary/aromatic N) is 1. The first-order valence-corrected chi connectivity index (χ1v) is 4.74. The molecule has 0 unspecified atom stereocenters. The highest BCUT2D eigenvalue weighted by Gasteiger charge is 2.36. The van der Waals surface area contributed by atoms with Crippen LogP contribution in [0.5, 0.6) is 0 Å². The van der Waals surface area contributed by atoms with Crippen LogP contribution >= 0.6 is 0 Å². The Labute approximate surface area is 81.3 Å². The van der Waals surface area contributed by atoms with Crippen molar-refractivity contribution in [3.05, 3.63) is 29.3 Å². The molecule has 3 heteroatoms. The first-order chi connectivity index (χ1) is 6.77. The summed E-state index contributed by atoms with van der Waals surface area (Å²) in [6.07, 6.45) is 1.61. The van der Waals surface area contributed by atoms with Crippen molar-refractivity contribution < 1.29 is 9.59 Å². The summed E-state index contributed by atoms with van der Waals surface area (Å²) in [4.78, 5) is 24.5. The van der Waals surface area contributed by atoms with E-state index >= 15 is 0 Å². The highest BCUT2D eigenvalue weighted by molar-refractivity contribution is 6.20. The molecule has 2 amide bonds. The Bertz CT molecular complexity index is 451. The van der Waals surface area contributed by atoms with E-state index in [4.69, 9.17) is 0 Å². The van der Waals surface area contributed by atoms with Gasteiger partial charge in [-0.05, 0) is 17.5 Å². The van der Waals surface area contributed by atoms with Gasteiger partial charge in [-0.3, -0.25) is 9.59 Å². The zero-order chi connectivity index (χ0) is 9.71. The number of anilines is 1. The second-order valence-electron chi connectivity index (χ2n) is 3.72. The van der Waals surface area contributed by atoms with Crippen molar-refractivity contribution in [2.45, 2.75) is 19.3 Å². The van der Waals surface area contributed by atoms with E-state index in [9.17, 15) is 9.59 Å². The van der Waals surface area contributed by atoms with Crippen LogP contribution in [0, 0.1) is 0 Å². The molecule has 0 saturated heterocycles. The number of benzene rings is 1. The van der Waals surface area contributed by atoms with Crippen molar-refractivity contribution in [1.29, 1.82) is 0 Å². The van der Waals surface area contributed by atoms with Gasteiger partial charge in [-0.1, -0.05) is 18.2 Å². The van der Waals surface area contributed by atoms with Gasteiger partial charge in [0, 0.05) is 6.42 Å². The van der Waals surface area contributed by atoms with E-state index in [0.29, 0.717) is 12.8 Å². The maximum Gasteiger partial charge on any atom is 0.238 e. The maximum absolute atomic E-state index is 11.6. The quantitative estimate of drug-likeness (QED) is 0.569. The number of rotatable bonds is 0. The highest BCUT2D eigenvalue weighted by atomic mass is 16.2. The van der Waals surface area contributed by atoms with Crippen molar-refractivity contribution in [3.63, 3.8) is 0 Å². The van der Waals surface area contributed by atoms with E-state index in [1.54, 1.807) is 0 Å². The smallest absolute Gasteiger partial charge is 0.238 e. The van der Waals surface area contributed by atoms with Crippen molar-refractivity contribution in [2.75, 3.05) is 4.90 Å². The molecule has 0 saturated carbocycles. The normalized spacial score (nSPS) is 18.7. The van der Waals surface area contributed by atoms with Crippen molar-refractivity contribution in [1.82, 2.24) is 0 Å². The molecule has 0 fully saturated rings. The van der Waals surface area contributed by atoms with Crippen LogP contribution < -0.4 is 4.90 Å². The number of carbonyl (C=O) groups excluding carboxylic acids is 2. The predicted octanol–water partition coefficient (Wildman–Crippen LogP) is 1.05. The van der Waals surface area contributed by atoms with Gasteiger partial charge in [-0.2, -0.15) is 0 Å². The van der Waals surface area contributed by atoms with E-state index in [-0.39, 0.29) is 11.8 Å². The van der Waals surface area contributed by atoms with E-state index in [1.165, 1.54) is 4.90 Å². The molecule has 1 aromatic rings. The van der Waals surface area contributed by atoms with Gasteiger partial charge in [-0.15, -0.1) is 0 Å². The third kappa shape index (κ3) is 0.816. The molecular formula is C11H9NO2. The number of hydrogen-bond donors (Lipinski definition) is 0. The largest absolute Gasteiger partial charge is 0.274 e. The molecule has 0 bridgehead atoms. The summed E-state index contributed by atoms with van der Waals surface area (Å²) >= 11 is 0. The van der Waals surface area contributed by atoms with Crippen LogP contribution in [0.4, 0.5) is 5.69 Å². The molecule has 70 valence electrons. The third-order valence-electron chi connectivity index (χ3n) is 2.88. The van der Waals surface area contributed by atoms with Gasteiger partial charge >= 0.3 is 0 Å². The van der Waals surface area contributed by atoms with Crippen LogP contribution in [0.1, 0.15) is 17.5 Å². The lowest BCUT2D eigenvalue weighted by Crippen LogP contribution is -2.36. The number of imide groups is 1. The zero-order valence-electron chi connectivity index (χ0n) is 7.62. The topological polar surface area (TPSA) is 37.4 Å². The van der Waals surface area contributed by atoms with E-state index in [1.807, 2.05) is 18.2 Å². The molecule has 0 N–H and O–H groups in total. The molecule has 1 aromatic carbocycles. The molecule has 0 aromatic heterocycles. The van der Waals surface area contributed by atoms with Crippen LogP contribution in [0.15, 0.2) is 18.2 Å². The Balaban J connectivity index is 2.29. The van der Waals surface area contributed by atoms with Crippen LogP contribution in [-0.4, -0.2) is 11.8 Å². The SMILES string of the molecule is O=C1CCc2cccc3c2N1C(=O)C3. The van der Waals surface area contributed by atoms with Gasteiger partial charge in [-0.25, -0.2) is 4.90 Å². The summed E-state index contributed by atoms with van der Waals surface area (Å²) in [5, 5.41) is 0. The number of carbonyl (C=O) groups is 2. The van der Waals surface area contributed by atoms with Crippen molar-refractivity contribution >= 4 is 17.5 Å². The summed E-state index contributed by atoms with van der Waals surface area (Å²) in [6, 6.07) is 5.88. The second-order valence-corrected chi connectivity index (χ2v) is 3.72. The van der Waals surface area contributed by atoms with Gasteiger partial charge < -0.3 is 0 Å². The minimum Gasteiger partial charge on any atom is -0.274 e. The highest BCUT2D eigenvalue weighted by Crippen LogP contribution is 2.36. The van der Waals surface area contributed by atoms with Gasteiger partial charge in [0.25, 0.3) is 0 Å². The van der Waals surface area contributed by atoms with Crippen LogP contribution in [0.25, 0.3) is 0 Å². The first-order valence-electron chi connectivity index (χ1n) is 4.74. The molecule has 3 nitrogen and oxygen atoms in total. The van der Waals surface area contributed by atoms with E-state index < -0.39 is 0 Å². The van der Waals surface area contributed by atoms with Crippen molar-refractivity contribution in [2.24, 2.45) is 0 Å². The summed E-state index contributed by atoms with van der Waals surface area (Å²) in [5.74, 6) is -0.121. The Hall–Kier alpha value is -1.64. The van der Waals surface area contributed by atoms with Gasteiger partial charge in [0.05, 0.1) is 12.1 Å². The Morgan fingerprint density at radius 3 is 2.64 bits per heavy atom. The fourth-order valence-corrected chi connectivity index (χ4v) is 2.26. The maximum atomic E-state index is 11.6. The minimum atomic E-state index is -0.0721. The molecule has 0 radical (unpaired) electrons. The molecule has 2 heterocycles. The lowest BCUT2D eigenvalue weighted by atomic mass is 10.00. The molecule has 0 atom stereocenters. The van der Waals surface area contributed by atoms with Gasteiger partial charge in [0.2, 0.25) is 11.8 Å². The summed E-state index contributed by atoms with van der Waals surface area (Å²) in [6.45, 7) is 0. The Morgan fingerprint density at radius 1 is 1.00 bits per heavy atom. The van der Waals surface area contributed by atoms with Crippen LogP contribution in [-0.2, 0) is 22.4 Å². The van der Waals surface area contributed by atoms with Crippen molar-refractivity contribution in [3.8, 4) is 0 Å². The van der Waals surface area contributed by atoms with Gasteiger partial charge in [0.1, 0.15) is 0 Å². The zero-order valence-corrected chi connectivity index (χ0v) is 7.62. The molecule has 2 aliphatic rings. The third-order valence-corrected chi connectivity index (χ3v) is 2.88. The van der Waals surface area contributed by atoms with E-state index in [2.05, 4.69) is 0 Å². The van der Waals surface area contributed by atoms with Crippen LogP contribution in [0.2, 0.25) is 0 Å². The molecule has 0 aliphatic carbocycles. The first kappa shape index (κ1) is 7.74. The predicted molar refractivity (Wildman–Crippen MR) is 51.0 cm³/mol. The Morgan fingerprint density at radius 2 is 1.79 bits per heavy atom. The minimum absolute atomic E-state index is 0.0487. The molecule has 3 rings (SSSR count). The lowest BCUT2D eigenvalue weighted by molar-refractivity contribution is -0.125. The number of amides is 2. The van der Waals surface area contributed by atoms with Gasteiger partial charge in [0.15, 0.2) is 0 Å². The molecule has 0 spiro atoms. The number of para-hydroxylation sites is 1. The number of hydrogen-bond acceptors (Lipinski definition) is 2. The lowest BCUT2D eigenvalue weighted by Gasteiger charge is -2.23. The standard InChI is InChI=1S/C11H9NO2/c13-9-5-4-7-2-1-3-8-6-10(14)12(9)11(7)8/h1-3H,4-6H2. The second kappa shape index (κ2) is 2.44. The Kier molecular flexibility index (Phi) is 1.35. The fourth-order valence-electron chi connectivity index (χ4n) is 2.26. The summed E-state index contributed by atoms with van der Waals surface area (Å²) in [7, 11) is 0. The average Bonchev–Trinajstić information content (AvgIpc) is 2.51. The summed E-state index contributed by atoms with van der Waals surface area (Å²) < 4.78 is 0.